The molecule has 6 heteroatoms. The predicted molar refractivity (Wildman–Crippen MR) is 81.5 cm³/mol. The van der Waals surface area contributed by atoms with Gasteiger partial charge >= 0.3 is 0 Å². The lowest BCUT2D eigenvalue weighted by molar-refractivity contribution is -0.121. The number of nitrogens with two attached hydrogens (primary N) is 2. The van der Waals surface area contributed by atoms with E-state index in [0.29, 0.717) is 17.3 Å². The van der Waals surface area contributed by atoms with E-state index in [0.717, 1.165) is 30.6 Å². The molecule has 0 bridgehead atoms. The summed E-state index contributed by atoms with van der Waals surface area (Å²) in [6, 6.07) is 5.79. The van der Waals surface area contributed by atoms with Crippen molar-refractivity contribution in [3.8, 4) is 5.75 Å². The molecule has 0 aliphatic carbocycles. The molecule has 1 aliphatic rings. The van der Waals surface area contributed by atoms with E-state index in [1.54, 1.807) is 7.11 Å². The SMILES string of the molecule is COc1ccc(CN2CCC(C(N)=O)C2)cc1C(N)=S. The lowest BCUT2D eigenvalue weighted by atomic mass is 10.1. The molecule has 108 valence electrons. The minimum absolute atomic E-state index is 0.0386. The Kier molecular flexibility index (Phi) is 4.57. The minimum atomic E-state index is -0.217. The van der Waals surface area contributed by atoms with Gasteiger partial charge in [-0.15, -0.1) is 0 Å². The van der Waals surface area contributed by atoms with Crippen LogP contribution in [0.15, 0.2) is 18.2 Å². The molecule has 5 nitrogen and oxygen atoms in total. The van der Waals surface area contributed by atoms with Gasteiger partial charge in [0.05, 0.1) is 18.6 Å². The number of rotatable bonds is 5. The maximum atomic E-state index is 11.2. The number of carbonyl (C=O) groups excluding carboxylic acids is 1. The fraction of sp³-hybridized carbons (Fsp3) is 0.429. The largest absolute Gasteiger partial charge is 0.496 e. The number of hydrogen-bond acceptors (Lipinski definition) is 4. The second kappa shape index (κ2) is 6.19. The zero-order chi connectivity index (χ0) is 14.7. The Morgan fingerprint density at radius 3 is 2.80 bits per heavy atom. The van der Waals surface area contributed by atoms with Crippen LogP contribution in [-0.4, -0.2) is 36.0 Å². The van der Waals surface area contributed by atoms with Gasteiger partial charge in [0.25, 0.3) is 0 Å². The van der Waals surface area contributed by atoms with Crippen LogP contribution in [0, 0.1) is 5.92 Å². The van der Waals surface area contributed by atoms with E-state index in [9.17, 15) is 4.79 Å². The Labute approximate surface area is 123 Å². The zero-order valence-electron chi connectivity index (χ0n) is 11.5. The van der Waals surface area contributed by atoms with E-state index in [1.807, 2.05) is 18.2 Å². The highest BCUT2D eigenvalue weighted by Crippen LogP contribution is 2.23. The first kappa shape index (κ1) is 14.7. The number of benzene rings is 1. The van der Waals surface area contributed by atoms with Crippen molar-refractivity contribution >= 4 is 23.1 Å². The third-order valence-electron chi connectivity index (χ3n) is 3.61. The van der Waals surface area contributed by atoms with Crippen LogP contribution in [0.25, 0.3) is 0 Å². The van der Waals surface area contributed by atoms with Gasteiger partial charge < -0.3 is 16.2 Å². The van der Waals surface area contributed by atoms with Crippen molar-refractivity contribution in [2.75, 3.05) is 20.2 Å². The maximum Gasteiger partial charge on any atom is 0.221 e. The molecule has 1 fully saturated rings. The number of amides is 1. The molecule has 0 spiro atoms. The average Bonchev–Trinajstić information content (AvgIpc) is 2.87. The van der Waals surface area contributed by atoms with Crippen molar-refractivity contribution in [3.05, 3.63) is 29.3 Å². The molecule has 1 aromatic carbocycles. The highest BCUT2D eigenvalue weighted by Gasteiger charge is 2.26. The van der Waals surface area contributed by atoms with Gasteiger partial charge in [0, 0.05) is 13.1 Å². The molecule has 20 heavy (non-hydrogen) atoms. The van der Waals surface area contributed by atoms with E-state index in [4.69, 9.17) is 28.4 Å². The van der Waals surface area contributed by atoms with Crippen LogP contribution in [0.2, 0.25) is 0 Å². The molecule has 1 heterocycles. The van der Waals surface area contributed by atoms with Gasteiger partial charge in [-0.3, -0.25) is 9.69 Å². The fourth-order valence-corrected chi connectivity index (χ4v) is 2.67. The van der Waals surface area contributed by atoms with Gasteiger partial charge in [-0.1, -0.05) is 18.3 Å². The molecule has 0 aromatic heterocycles. The van der Waals surface area contributed by atoms with Crippen molar-refractivity contribution in [2.24, 2.45) is 17.4 Å². The van der Waals surface area contributed by atoms with E-state index in [1.165, 1.54) is 0 Å². The molecular weight excluding hydrogens is 274 g/mol. The van der Waals surface area contributed by atoms with Crippen molar-refractivity contribution < 1.29 is 9.53 Å². The van der Waals surface area contributed by atoms with E-state index >= 15 is 0 Å². The second-order valence-corrected chi connectivity index (χ2v) is 5.46. The summed E-state index contributed by atoms with van der Waals surface area (Å²) in [4.78, 5) is 13.7. The summed E-state index contributed by atoms with van der Waals surface area (Å²) in [7, 11) is 1.59. The minimum Gasteiger partial charge on any atom is -0.496 e. The Balaban J connectivity index is 2.09. The van der Waals surface area contributed by atoms with Gasteiger partial charge in [0.15, 0.2) is 0 Å². The highest BCUT2D eigenvalue weighted by molar-refractivity contribution is 7.80. The van der Waals surface area contributed by atoms with E-state index in [2.05, 4.69) is 4.90 Å². The van der Waals surface area contributed by atoms with Crippen LogP contribution in [0.4, 0.5) is 0 Å². The maximum absolute atomic E-state index is 11.2. The summed E-state index contributed by atoms with van der Waals surface area (Å²) >= 11 is 5.03. The van der Waals surface area contributed by atoms with Crippen LogP contribution in [0.3, 0.4) is 0 Å². The van der Waals surface area contributed by atoms with E-state index in [-0.39, 0.29) is 11.8 Å². The first-order chi connectivity index (χ1) is 9.51. The quantitative estimate of drug-likeness (QED) is 0.779. The number of methoxy groups -OCH3 is 1. The Bertz CT molecular complexity index is 533. The summed E-state index contributed by atoms with van der Waals surface area (Å²) in [6.07, 6.45) is 0.827. The number of likely N-dealkylation sites (tertiary alicyclic amines) is 1. The smallest absolute Gasteiger partial charge is 0.221 e. The molecule has 0 radical (unpaired) electrons. The van der Waals surface area contributed by atoms with Crippen molar-refractivity contribution in [2.45, 2.75) is 13.0 Å². The molecule has 1 saturated heterocycles. The molecule has 1 aromatic rings. The van der Waals surface area contributed by atoms with Gasteiger partial charge in [-0.2, -0.15) is 0 Å². The molecule has 4 N–H and O–H groups in total. The van der Waals surface area contributed by atoms with Crippen LogP contribution in [0.5, 0.6) is 5.75 Å². The van der Waals surface area contributed by atoms with Gasteiger partial charge in [0.2, 0.25) is 5.91 Å². The summed E-state index contributed by atoms with van der Waals surface area (Å²) in [5.41, 5.74) is 12.9. The summed E-state index contributed by atoms with van der Waals surface area (Å²) in [6.45, 7) is 2.34. The average molecular weight is 293 g/mol. The van der Waals surface area contributed by atoms with Crippen molar-refractivity contribution in [3.63, 3.8) is 0 Å². The highest BCUT2D eigenvalue weighted by atomic mass is 32.1. The molecular formula is C14H19N3O2S. The molecule has 1 atom stereocenters. The second-order valence-electron chi connectivity index (χ2n) is 5.02. The predicted octanol–water partition coefficient (Wildman–Crippen LogP) is 0.637. The van der Waals surface area contributed by atoms with Gasteiger partial charge in [-0.05, 0) is 30.7 Å². The van der Waals surface area contributed by atoms with Gasteiger partial charge in [0.1, 0.15) is 10.7 Å². The number of nitrogens with zero attached hydrogens (tertiary/aromatic N) is 1. The van der Waals surface area contributed by atoms with Crippen LogP contribution in [-0.2, 0) is 11.3 Å². The van der Waals surface area contributed by atoms with Crippen molar-refractivity contribution in [1.82, 2.24) is 4.90 Å². The number of thiocarbonyl (C=S) groups is 1. The van der Waals surface area contributed by atoms with Gasteiger partial charge in [-0.25, -0.2) is 0 Å². The van der Waals surface area contributed by atoms with E-state index < -0.39 is 0 Å². The van der Waals surface area contributed by atoms with Crippen molar-refractivity contribution in [1.29, 1.82) is 0 Å². The third-order valence-corrected chi connectivity index (χ3v) is 3.83. The standard InChI is InChI=1S/C14H19N3O2S/c1-19-12-3-2-9(6-11(12)14(16)20)7-17-5-4-10(8-17)13(15)18/h2-3,6,10H,4-5,7-8H2,1H3,(H2,15,18)(H2,16,20). The Hall–Kier alpha value is -1.66. The topological polar surface area (TPSA) is 81.6 Å². The summed E-state index contributed by atoms with van der Waals surface area (Å²) < 4.78 is 5.24. The van der Waals surface area contributed by atoms with Crippen LogP contribution < -0.4 is 16.2 Å². The summed E-state index contributed by atoms with van der Waals surface area (Å²) in [5, 5.41) is 0. The number of hydrogen-bond donors (Lipinski definition) is 2. The first-order valence-corrected chi connectivity index (χ1v) is 6.90. The molecule has 2 rings (SSSR count). The summed E-state index contributed by atoms with van der Waals surface area (Å²) in [5.74, 6) is 0.423. The lowest BCUT2D eigenvalue weighted by Crippen LogP contribution is -2.27. The normalized spacial score (nSPS) is 18.9. The van der Waals surface area contributed by atoms with Crippen LogP contribution in [0.1, 0.15) is 17.5 Å². The number of ether oxygens (including phenoxy) is 1. The molecule has 0 saturated carbocycles. The third kappa shape index (κ3) is 3.26. The number of primary amides is 1. The fourth-order valence-electron chi connectivity index (χ4n) is 2.51. The molecule has 1 amide bonds. The lowest BCUT2D eigenvalue weighted by Gasteiger charge is -2.17. The Morgan fingerprint density at radius 2 is 2.25 bits per heavy atom. The van der Waals surface area contributed by atoms with Crippen LogP contribution >= 0.6 is 12.2 Å². The zero-order valence-corrected chi connectivity index (χ0v) is 12.3. The monoisotopic (exact) mass is 293 g/mol. The Morgan fingerprint density at radius 1 is 1.50 bits per heavy atom. The number of carbonyl (C=O) groups is 1. The molecule has 1 aliphatic heterocycles. The first-order valence-electron chi connectivity index (χ1n) is 6.49. The molecule has 1 unspecified atom stereocenters.